The first-order valence-corrected chi connectivity index (χ1v) is 6.24. The Kier molecular flexibility index (Phi) is 6.67. The van der Waals surface area contributed by atoms with Crippen LogP contribution in [0.2, 0.25) is 5.02 Å². The quantitative estimate of drug-likeness (QED) is 0.720. The summed E-state index contributed by atoms with van der Waals surface area (Å²) in [4.78, 5) is 21.8. The number of amides is 2. The van der Waals surface area contributed by atoms with E-state index in [-0.39, 0.29) is 29.4 Å². The molecule has 3 N–H and O–H groups in total. The molecule has 1 aromatic rings. The molecule has 21 heavy (non-hydrogen) atoms. The summed E-state index contributed by atoms with van der Waals surface area (Å²) in [5, 5.41) is 13.2. The Hall–Kier alpha value is -2.09. The smallest absolute Gasteiger partial charge is 0.319 e. The van der Waals surface area contributed by atoms with Crippen molar-refractivity contribution in [3.8, 4) is 5.75 Å². The first kappa shape index (κ1) is 17.0. The number of urea groups is 1. The zero-order chi connectivity index (χ0) is 15.8. The fraction of sp³-hybridized carbons (Fsp3) is 0.333. The van der Waals surface area contributed by atoms with Gasteiger partial charge in [0.1, 0.15) is 6.61 Å². The molecule has 0 aliphatic heterocycles. The number of carboxylic acid groups (broad SMARTS) is 1. The van der Waals surface area contributed by atoms with Gasteiger partial charge < -0.3 is 20.5 Å². The summed E-state index contributed by atoms with van der Waals surface area (Å²) in [5.41, 5.74) is 0.107. The number of alkyl halides is 2. The number of para-hydroxylation sites is 1. The van der Waals surface area contributed by atoms with E-state index < -0.39 is 25.0 Å². The molecule has 0 aliphatic carbocycles. The van der Waals surface area contributed by atoms with Gasteiger partial charge in [-0.2, -0.15) is 0 Å². The second-order valence-corrected chi connectivity index (χ2v) is 4.25. The van der Waals surface area contributed by atoms with E-state index >= 15 is 0 Å². The Morgan fingerprint density at radius 3 is 2.71 bits per heavy atom. The Labute approximate surface area is 124 Å². The van der Waals surface area contributed by atoms with Gasteiger partial charge >= 0.3 is 12.0 Å². The largest absolute Gasteiger partial charge is 0.484 e. The maximum Gasteiger partial charge on any atom is 0.319 e. The minimum atomic E-state index is -2.68. The van der Waals surface area contributed by atoms with Crippen LogP contribution < -0.4 is 15.4 Å². The van der Waals surface area contributed by atoms with Crippen LogP contribution in [0.25, 0.3) is 0 Å². The number of carboxylic acids is 1. The van der Waals surface area contributed by atoms with E-state index in [9.17, 15) is 18.4 Å². The Morgan fingerprint density at radius 1 is 1.38 bits per heavy atom. The number of ether oxygens (including phenoxy) is 1. The zero-order valence-electron chi connectivity index (χ0n) is 10.7. The standard InChI is InChI=1S/C12H13ClF2N2O4/c13-7-2-1-3-8(11(7)21-6-9(14)15)17-12(20)16-5-4-10(18)19/h1-3,9H,4-6H2,(H,18,19)(H2,16,17,20). The van der Waals surface area contributed by atoms with Gasteiger partial charge in [0.05, 0.1) is 17.1 Å². The Bertz CT molecular complexity index is 514. The minimum absolute atomic E-state index is 0.0685. The van der Waals surface area contributed by atoms with E-state index in [4.69, 9.17) is 21.4 Å². The maximum absolute atomic E-state index is 12.2. The number of halogens is 3. The highest BCUT2D eigenvalue weighted by atomic mass is 35.5. The number of carbonyl (C=O) groups is 2. The van der Waals surface area contributed by atoms with Crippen molar-refractivity contribution in [1.29, 1.82) is 0 Å². The summed E-state index contributed by atoms with van der Waals surface area (Å²) in [6.45, 7) is -0.937. The molecule has 116 valence electrons. The van der Waals surface area contributed by atoms with Crippen molar-refractivity contribution in [2.24, 2.45) is 0 Å². The summed E-state index contributed by atoms with van der Waals surface area (Å²) in [7, 11) is 0. The van der Waals surface area contributed by atoms with Crippen LogP contribution in [0.1, 0.15) is 6.42 Å². The molecule has 1 rings (SSSR count). The van der Waals surface area contributed by atoms with Crippen LogP contribution in [0.15, 0.2) is 18.2 Å². The lowest BCUT2D eigenvalue weighted by Gasteiger charge is -2.14. The summed E-state index contributed by atoms with van der Waals surface area (Å²) >= 11 is 5.82. The van der Waals surface area contributed by atoms with Gasteiger partial charge in [-0.3, -0.25) is 4.79 Å². The van der Waals surface area contributed by atoms with Crippen molar-refractivity contribution in [1.82, 2.24) is 5.32 Å². The van der Waals surface area contributed by atoms with Gasteiger partial charge in [0, 0.05) is 6.54 Å². The summed E-state index contributed by atoms with van der Waals surface area (Å²) in [6.07, 6.45) is -2.92. The van der Waals surface area contributed by atoms with E-state index in [0.29, 0.717) is 0 Å². The molecular formula is C12H13ClF2N2O4. The summed E-state index contributed by atoms with van der Waals surface area (Å²) in [6, 6.07) is 3.66. The number of anilines is 1. The molecule has 1 aromatic carbocycles. The topological polar surface area (TPSA) is 87.7 Å². The van der Waals surface area contributed by atoms with Gasteiger partial charge in [-0.15, -0.1) is 0 Å². The van der Waals surface area contributed by atoms with E-state index in [1.54, 1.807) is 0 Å². The van der Waals surface area contributed by atoms with Gasteiger partial charge in [0.25, 0.3) is 6.43 Å². The highest BCUT2D eigenvalue weighted by Gasteiger charge is 2.13. The highest BCUT2D eigenvalue weighted by molar-refractivity contribution is 6.32. The van der Waals surface area contributed by atoms with E-state index in [2.05, 4.69) is 10.6 Å². The van der Waals surface area contributed by atoms with Gasteiger partial charge in [-0.05, 0) is 12.1 Å². The lowest BCUT2D eigenvalue weighted by molar-refractivity contribution is -0.136. The molecular weight excluding hydrogens is 310 g/mol. The van der Waals surface area contributed by atoms with Crippen LogP contribution in [-0.2, 0) is 4.79 Å². The second kappa shape index (κ2) is 8.25. The number of hydrogen-bond donors (Lipinski definition) is 3. The van der Waals surface area contributed by atoms with Gasteiger partial charge in [0.15, 0.2) is 5.75 Å². The molecule has 0 unspecified atom stereocenters. The average molecular weight is 323 g/mol. The SMILES string of the molecule is O=C(O)CCNC(=O)Nc1cccc(Cl)c1OCC(F)F. The number of aliphatic carboxylic acids is 1. The minimum Gasteiger partial charge on any atom is -0.484 e. The highest BCUT2D eigenvalue weighted by Crippen LogP contribution is 2.33. The number of hydrogen-bond acceptors (Lipinski definition) is 3. The molecule has 2 amide bonds. The number of rotatable bonds is 7. The molecule has 6 nitrogen and oxygen atoms in total. The fourth-order valence-corrected chi connectivity index (χ4v) is 1.58. The third-order valence-corrected chi connectivity index (χ3v) is 2.49. The van der Waals surface area contributed by atoms with Gasteiger partial charge in [-0.25, -0.2) is 13.6 Å². The van der Waals surface area contributed by atoms with Crippen molar-refractivity contribution in [2.75, 3.05) is 18.5 Å². The Morgan fingerprint density at radius 2 is 2.10 bits per heavy atom. The molecule has 0 aromatic heterocycles. The van der Waals surface area contributed by atoms with Crippen molar-refractivity contribution in [2.45, 2.75) is 12.8 Å². The van der Waals surface area contributed by atoms with E-state index in [1.165, 1.54) is 18.2 Å². The van der Waals surface area contributed by atoms with Crippen molar-refractivity contribution in [3.63, 3.8) is 0 Å². The molecule has 0 saturated heterocycles. The van der Waals surface area contributed by atoms with Crippen LogP contribution >= 0.6 is 11.6 Å². The van der Waals surface area contributed by atoms with Crippen LogP contribution in [-0.4, -0.2) is 36.7 Å². The van der Waals surface area contributed by atoms with Crippen molar-refractivity contribution < 1.29 is 28.2 Å². The normalized spacial score (nSPS) is 10.3. The molecule has 0 radical (unpaired) electrons. The number of carbonyl (C=O) groups excluding carboxylic acids is 1. The Balaban J connectivity index is 2.66. The predicted molar refractivity (Wildman–Crippen MR) is 72.2 cm³/mol. The number of nitrogens with one attached hydrogen (secondary N) is 2. The summed E-state index contributed by atoms with van der Waals surface area (Å²) < 4.78 is 29.2. The third kappa shape index (κ3) is 6.26. The van der Waals surface area contributed by atoms with Crippen LogP contribution in [0.4, 0.5) is 19.3 Å². The summed E-state index contributed by atoms with van der Waals surface area (Å²) in [5.74, 6) is -1.13. The van der Waals surface area contributed by atoms with E-state index in [1.807, 2.05) is 0 Å². The van der Waals surface area contributed by atoms with Crippen LogP contribution in [0.3, 0.4) is 0 Å². The molecule has 0 atom stereocenters. The monoisotopic (exact) mass is 322 g/mol. The lowest BCUT2D eigenvalue weighted by atomic mass is 10.3. The van der Waals surface area contributed by atoms with Crippen molar-refractivity contribution >= 4 is 29.3 Å². The van der Waals surface area contributed by atoms with Crippen molar-refractivity contribution in [3.05, 3.63) is 23.2 Å². The van der Waals surface area contributed by atoms with Gasteiger partial charge in [0.2, 0.25) is 0 Å². The molecule has 0 spiro atoms. The second-order valence-electron chi connectivity index (χ2n) is 3.84. The molecule has 9 heteroatoms. The van der Waals surface area contributed by atoms with Crippen LogP contribution in [0, 0.1) is 0 Å². The zero-order valence-corrected chi connectivity index (χ0v) is 11.5. The third-order valence-electron chi connectivity index (χ3n) is 2.19. The molecule has 0 saturated carbocycles. The molecule has 0 bridgehead atoms. The first-order valence-electron chi connectivity index (χ1n) is 5.86. The van der Waals surface area contributed by atoms with Gasteiger partial charge in [-0.1, -0.05) is 17.7 Å². The van der Waals surface area contributed by atoms with Crippen LogP contribution in [0.5, 0.6) is 5.75 Å². The predicted octanol–water partition coefficient (Wildman–Crippen LogP) is 2.58. The maximum atomic E-state index is 12.2. The number of benzene rings is 1. The molecule has 0 aliphatic rings. The molecule has 0 heterocycles. The van der Waals surface area contributed by atoms with E-state index in [0.717, 1.165) is 0 Å². The molecule has 0 fully saturated rings. The fourth-order valence-electron chi connectivity index (χ4n) is 1.35. The average Bonchev–Trinajstić information content (AvgIpc) is 2.37. The first-order chi connectivity index (χ1) is 9.90. The lowest BCUT2D eigenvalue weighted by Crippen LogP contribution is -2.30.